The van der Waals surface area contributed by atoms with E-state index in [0.717, 1.165) is 17.1 Å². The van der Waals surface area contributed by atoms with E-state index in [-0.39, 0.29) is 5.91 Å². The lowest BCUT2D eigenvalue weighted by atomic mass is 10.1. The molecule has 0 aliphatic carbocycles. The SMILES string of the molecule is CC1=C(C)N2C(=NC3C2C(=O)NC(=O)N3C)N1c1ccc(C)c(C)c1. The van der Waals surface area contributed by atoms with Crippen LogP contribution >= 0.6 is 0 Å². The number of urea groups is 1. The minimum Gasteiger partial charge on any atom is -0.303 e. The molecule has 3 amide bonds. The summed E-state index contributed by atoms with van der Waals surface area (Å²) < 4.78 is 0. The van der Waals surface area contributed by atoms with Crippen LogP contribution in [0.2, 0.25) is 0 Å². The molecule has 1 saturated heterocycles. The molecule has 1 fully saturated rings. The first-order valence-corrected chi connectivity index (χ1v) is 8.31. The molecule has 3 aliphatic heterocycles. The van der Waals surface area contributed by atoms with Gasteiger partial charge in [-0.3, -0.25) is 19.9 Å². The molecule has 0 bridgehead atoms. The smallest absolute Gasteiger partial charge is 0.303 e. The lowest BCUT2D eigenvalue weighted by Crippen LogP contribution is -2.63. The third-order valence-electron chi connectivity index (χ3n) is 5.41. The van der Waals surface area contributed by atoms with E-state index in [4.69, 9.17) is 4.99 Å². The van der Waals surface area contributed by atoms with Gasteiger partial charge < -0.3 is 4.90 Å². The van der Waals surface area contributed by atoms with Crippen LogP contribution in [0.4, 0.5) is 10.5 Å². The number of imide groups is 1. The van der Waals surface area contributed by atoms with Crippen molar-refractivity contribution in [2.24, 2.45) is 4.99 Å². The van der Waals surface area contributed by atoms with Crippen LogP contribution in [0, 0.1) is 13.8 Å². The molecule has 0 radical (unpaired) electrons. The molecule has 3 aliphatic rings. The Bertz CT molecular complexity index is 872. The Hall–Kier alpha value is -2.83. The number of guanidine groups is 1. The second-order valence-electron chi connectivity index (χ2n) is 6.84. The van der Waals surface area contributed by atoms with Crippen molar-refractivity contribution in [1.29, 1.82) is 0 Å². The highest BCUT2D eigenvalue weighted by molar-refractivity contribution is 6.10. The first kappa shape index (κ1) is 15.7. The average Bonchev–Trinajstić information content (AvgIpc) is 3.05. The molecule has 2 unspecified atom stereocenters. The molecular formula is C18H21N5O2. The lowest BCUT2D eigenvalue weighted by Gasteiger charge is -2.35. The minimum atomic E-state index is -0.524. The monoisotopic (exact) mass is 339 g/mol. The molecule has 0 saturated carbocycles. The molecule has 7 heteroatoms. The summed E-state index contributed by atoms with van der Waals surface area (Å²) in [4.78, 5) is 34.6. The molecular weight excluding hydrogens is 318 g/mol. The van der Waals surface area contributed by atoms with E-state index in [1.54, 1.807) is 7.05 Å². The average molecular weight is 339 g/mol. The van der Waals surface area contributed by atoms with Crippen molar-refractivity contribution < 1.29 is 9.59 Å². The quantitative estimate of drug-likeness (QED) is 0.849. The number of fused-ring (bicyclic) bond motifs is 3. The second kappa shape index (κ2) is 5.08. The summed E-state index contributed by atoms with van der Waals surface area (Å²) in [5.74, 6) is 0.394. The number of carbonyl (C=O) groups excluding carboxylic acids is 2. The molecule has 7 nitrogen and oxygen atoms in total. The molecule has 3 heterocycles. The van der Waals surface area contributed by atoms with Crippen LogP contribution in [-0.2, 0) is 4.79 Å². The zero-order valence-electron chi connectivity index (χ0n) is 15.0. The van der Waals surface area contributed by atoms with Crippen molar-refractivity contribution >= 4 is 23.6 Å². The number of carbonyl (C=O) groups is 2. The number of hydrogen-bond donors (Lipinski definition) is 1. The van der Waals surface area contributed by atoms with Crippen LogP contribution in [0.1, 0.15) is 25.0 Å². The summed E-state index contributed by atoms with van der Waals surface area (Å²) in [5, 5.41) is 2.41. The van der Waals surface area contributed by atoms with Gasteiger partial charge in [0.2, 0.25) is 5.96 Å². The van der Waals surface area contributed by atoms with Gasteiger partial charge in [0.15, 0.2) is 12.2 Å². The summed E-state index contributed by atoms with van der Waals surface area (Å²) in [7, 11) is 1.66. The van der Waals surface area contributed by atoms with Gasteiger partial charge in [-0.05, 0) is 51.0 Å². The highest BCUT2D eigenvalue weighted by Crippen LogP contribution is 2.39. The Morgan fingerprint density at radius 3 is 2.44 bits per heavy atom. The van der Waals surface area contributed by atoms with Gasteiger partial charge in [0, 0.05) is 24.1 Å². The molecule has 25 heavy (non-hydrogen) atoms. The second-order valence-corrected chi connectivity index (χ2v) is 6.84. The van der Waals surface area contributed by atoms with E-state index >= 15 is 0 Å². The maximum atomic E-state index is 12.5. The third-order valence-corrected chi connectivity index (χ3v) is 5.41. The number of aryl methyl sites for hydroxylation is 2. The van der Waals surface area contributed by atoms with Gasteiger partial charge in [0.25, 0.3) is 5.91 Å². The van der Waals surface area contributed by atoms with Crippen LogP contribution < -0.4 is 10.2 Å². The number of amides is 3. The molecule has 130 valence electrons. The predicted octanol–water partition coefficient (Wildman–Crippen LogP) is 1.92. The topological polar surface area (TPSA) is 68.2 Å². The van der Waals surface area contributed by atoms with Crippen LogP contribution in [0.25, 0.3) is 0 Å². The Kier molecular flexibility index (Phi) is 3.19. The largest absolute Gasteiger partial charge is 0.325 e. The molecule has 1 aromatic rings. The van der Waals surface area contributed by atoms with Gasteiger partial charge in [0.1, 0.15) is 0 Å². The molecule has 0 spiro atoms. The van der Waals surface area contributed by atoms with Crippen molar-refractivity contribution in [2.75, 3.05) is 11.9 Å². The molecule has 2 atom stereocenters. The highest BCUT2D eigenvalue weighted by atomic mass is 16.2. The Morgan fingerprint density at radius 1 is 1.04 bits per heavy atom. The Balaban J connectivity index is 1.82. The van der Waals surface area contributed by atoms with E-state index < -0.39 is 18.2 Å². The fraction of sp³-hybridized carbons (Fsp3) is 0.389. The van der Waals surface area contributed by atoms with Crippen molar-refractivity contribution in [3.63, 3.8) is 0 Å². The van der Waals surface area contributed by atoms with Gasteiger partial charge in [0.05, 0.1) is 0 Å². The first-order valence-electron chi connectivity index (χ1n) is 8.31. The van der Waals surface area contributed by atoms with Gasteiger partial charge in [-0.25, -0.2) is 9.79 Å². The number of anilines is 1. The van der Waals surface area contributed by atoms with Gasteiger partial charge in [-0.2, -0.15) is 0 Å². The predicted molar refractivity (Wildman–Crippen MR) is 94.9 cm³/mol. The Labute approximate surface area is 146 Å². The van der Waals surface area contributed by atoms with Crippen molar-refractivity contribution in [3.05, 3.63) is 40.7 Å². The van der Waals surface area contributed by atoms with Crippen molar-refractivity contribution in [2.45, 2.75) is 39.9 Å². The molecule has 1 aromatic carbocycles. The summed E-state index contributed by atoms with van der Waals surface area (Å²) >= 11 is 0. The van der Waals surface area contributed by atoms with E-state index in [0.29, 0.717) is 5.96 Å². The molecule has 4 rings (SSSR count). The van der Waals surface area contributed by atoms with Crippen LogP contribution in [0.15, 0.2) is 34.6 Å². The number of likely N-dealkylation sites (N-methyl/N-ethyl adjacent to an activating group) is 1. The number of benzene rings is 1. The number of hydrogen-bond acceptors (Lipinski definition) is 5. The standard InChI is InChI=1S/C18H21N5O2/c1-9-6-7-13(8-10(9)2)22-11(3)12(4)23-14-15(19-17(22)23)21(5)18(25)20-16(14)24/h6-8,14-15H,1-5H3,(H,20,24,25). The van der Waals surface area contributed by atoms with Gasteiger partial charge >= 0.3 is 6.03 Å². The number of nitrogens with one attached hydrogen (secondary N) is 1. The highest BCUT2D eigenvalue weighted by Gasteiger charge is 2.53. The van der Waals surface area contributed by atoms with Crippen molar-refractivity contribution in [1.82, 2.24) is 15.1 Å². The third kappa shape index (κ3) is 2.01. The number of rotatable bonds is 1. The zero-order chi connectivity index (χ0) is 18.0. The molecule has 1 N–H and O–H groups in total. The number of allylic oxidation sites excluding steroid dienone is 2. The van der Waals surface area contributed by atoms with Crippen LogP contribution in [0.3, 0.4) is 0 Å². The van der Waals surface area contributed by atoms with E-state index in [9.17, 15) is 9.59 Å². The van der Waals surface area contributed by atoms with Crippen LogP contribution in [-0.4, -0.2) is 47.0 Å². The van der Waals surface area contributed by atoms with Gasteiger partial charge in [-0.15, -0.1) is 0 Å². The normalized spacial score (nSPS) is 25.3. The maximum absolute atomic E-state index is 12.5. The summed E-state index contributed by atoms with van der Waals surface area (Å²) in [6.45, 7) is 8.17. The fourth-order valence-electron chi connectivity index (χ4n) is 3.63. The zero-order valence-corrected chi connectivity index (χ0v) is 15.0. The number of aliphatic imine (C=N–C) groups is 1. The maximum Gasteiger partial charge on any atom is 0.325 e. The first-order chi connectivity index (χ1) is 11.8. The summed E-state index contributed by atoms with van der Waals surface area (Å²) in [6.07, 6.45) is -0.506. The fourth-order valence-corrected chi connectivity index (χ4v) is 3.63. The lowest BCUT2D eigenvalue weighted by molar-refractivity contribution is -0.126. The van der Waals surface area contributed by atoms with E-state index in [1.165, 1.54) is 16.0 Å². The van der Waals surface area contributed by atoms with Gasteiger partial charge in [-0.1, -0.05) is 6.07 Å². The molecule has 0 aromatic heterocycles. The Morgan fingerprint density at radius 2 is 1.76 bits per heavy atom. The van der Waals surface area contributed by atoms with Crippen LogP contribution in [0.5, 0.6) is 0 Å². The van der Waals surface area contributed by atoms with Crippen molar-refractivity contribution in [3.8, 4) is 0 Å². The van der Waals surface area contributed by atoms with E-state index in [1.807, 2.05) is 18.7 Å². The summed E-state index contributed by atoms with van der Waals surface area (Å²) in [6, 6.07) is 5.33. The minimum absolute atomic E-state index is 0.305. The van der Waals surface area contributed by atoms with E-state index in [2.05, 4.69) is 42.3 Å². The number of nitrogens with zero attached hydrogens (tertiary/aromatic N) is 4. The summed E-state index contributed by atoms with van der Waals surface area (Å²) in [5.41, 5.74) is 5.44.